The number of amides is 2. The Morgan fingerprint density at radius 1 is 1.27 bits per heavy atom. The Bertz CT molecular complexity index is 1050. The van der Waals surface area contributed by atoms with Crippen LogP contribution in [0.1, 0.15) is 40.8 Å². The molecule has 0 aliphatic carbocycles. The predicted molar refractivity (Wildman–Crippen MR) is 112 cm³/mol. The van der Waals surface area contributed by atoms with E-state index >= 15 is 0 Å². The number of nitrogens with one attached hydrogen (secondary N) is 2. The van der Waals surface area contributed by atoms with E-state index in [9.17, 15) is 9.59 Å². The van der Waals surface area contributed by atoms with Gasteiger partial charge in [-0.25, -0.2) is 14.0 Å². The molecule has 0 fully saturated rings. The fraction of sp³-hybridized carbons (Fsp3) is 0.400. The largest absolute Gasteiger partial charge is 0.444 e. The molecule has 0 spiro atoms. The maximum Gasteiger partial charge on any atom is 0.413 e. The molecular formula is C20H26N6O4. The summed E-state index contributed by atoms with van der Waals surface area (Å²) in [5.41, 5.74) is 2.05. The van der Waals surface area contributed by atoms with E-state index in [0.29, 0.717) is 35.6 Å². The molecule has 10 nitrogen and oxygen atoms in total. The van der Waals surface area contributed by atoms with E-state index < -0.39 is 11.7 Å². The van der Waals surface area contributed by atoms with Crippen molar-refractivity contribution in [1.29, 1.82) is 0 Å². The van der Waals surface area contributed by atoms with Crippen molar-refractivity contribution in [3.63, 3.8) is 0 Å². The van der Waals surface area contributed by atoms with Crippen molar-refractivity contribution in [2.75, 3.05) is 17.2 Å². The summed E-state index contributed by atoms with van der Waals surface area (Å²) in [6.45, 7) is 9.74. The van der Waals surface area contributed by atoms with Gasteiger partial charge < -0.3 is 14.8 Å². The zero-order valence-electron chi connectivity index (χ0n) is 17.7. The van der Waals surface area contributed by atoms with Gasteiger partial charge in [-0.15, -0.1) is 0 Å². The highest BCUT2D eigenvalue weighted by Gasteiger charge is 2.20. The van der Waals surface area contributed by atoms with Crippen LogP contribution >= 0.6 is 0 Å². The van der Waals surface area contributed by atoms with E-state index in [1.165, 1.54) is 6.20 Å². The second kappa shape index (κ2) is 8.54. The van der Waals surface area contributed by atoms with E-state index in [0.717, 1.165) is 5.56 Å². The number of nitrogens with zero attached hydrogens (tertiary/aromatic N) is 4. The van der Waals surface area contributed by atoms with Crippen molar-refractivity contribution in [2.24, 2.45) is 0 Å². The van der Waals surface area contributed by atoms with Gasteiger partial charge >= 0.3 is 6.09 Å². The molecule has 0 aromatic carbocycles. The van der Waals surface area contributed by atoms with E-state index in [4.69, 9.17) is 9.47 Å². The average molecular weight is 414 g/mol. The molecule has 0 bridgehead atoms. The summed E-state index contributed by atoms with van der Waals surface area (Å²) in [6.07, 6.45) is 4.81. The molecule has 2 N–H and O–H groups in total. The molecule has 160 valence electrons. The summed E-state index contributed by atoms with van der Waals surface area (Å²) >= 11 is 0. The van der Waals surface area contributed by atoms with Crippen LogP contribution in [0.3, 0.4) is 0 Å². The van der Waals surface area contributed by atoms with E-state index in [1.54, 1.807) is 48.3 Å². The number of carbonyl (C=O) groups excluding carboxylic acids is 2. The normalized spacial score (nSPS) is 12.6. The number of ether oxygens (including phenoxy) is 2. The molecule has 0 aliphatic heterocycles. The molecule has 2 amide bonds. The number of hydrogen-bond donors (Lipinski definition) is 2. The quantitative estimate of drug-likeness (QED) is 0.571. The zero-order valence-corrected chi connectivity index (χ0v) is 17.7. The minimum atomic E-state index is -0.622. The van der Waals surface area contributed by atoms with Crippen LogP contribution in [0.25, 0.3) is 16.6 Å². The van der Waals surface area contributed by atoms with Crippen LogP contribution in [0.15, 0.2) is 30.7 Å². The first-order chi connectivity index (χ1) is 14.2. The van der Waals surface area contributed by atoms with Crippen LogP contribution in [-0.2, 0) is 14.3 Å². The molecule has 3 aromatic heterocycles. The highest BCUT2D eigenvalue weighted by Crippen LogP contribution is 2.33. The minimum absolute atomic E-state index is 0.236. The number of fused-ring (bicyclic) bond motifs is 1. The second-order valence-corrected chi connectivity index (χ2v) is 7.60. The van der Waals surface area contributed by atoms with Crippen molar-refractivity contribution >= 4 is 29.5 Å². The molecule has 3 aromatic rings. The lowest BCUT2D eigenvalue weighted by Crippen LogP contribution is -2.27. The Balaban J connectivity index is 2.02. The fourth-order valence-electron chi connectivity index (χ4n) is 3.02. The summed E-state index contributed by atoms with van der Waals surface area (Å²) in [7, 11) is 0. The summed E-state index contributed by atoms with van der Waals surface area (Å²) in [6, 6.07) is 3.52. The highest BCUT2D eigenvalue weighted by atomic mass is 16.6. The second-order valence-electron chi connectivity index (χ2n) is 7.60. The van der Waals surface area contributed by atoms with Crippen molar-refractivity contribution in [3.8, 4) is 11.1 Å². The summed E-state index contributed by atoms with van der Waals surface area (Å²) < 4.78 is 14.2. The summed E-state index contributed by atoms with van der Waals surface area (Å²) in [5.74, 6) is 0.438. The molecule has 0 saturated carbocycles. The maximum absolute atomic E-state index is 12.2. The molecule has 0 radical (unpaired) electrons. The molecule has 0 saturated heterocycles. The van der Waals surface area contributed by atoms with E-state index in [2.05, 4.69) is 20.8 Å². The van der Waals surface area contributed by atoms with Crippen LogP contribution in [0.5, 0.6) is 0 Å². The van der Waals surface area contributed by atoms with E-state index in [1.807, 2.05) is 20.0 Å². The molecular weight excluding hydrogens is 388 g/mol. The molecule has 3 heterocycles. The van der Waals surface area contributed by atoms with Gasteiger partial charge in [-0.3, -0.25) is 10.1 Å². The first-order valence-corrected chi connectivity index (χ1v) is 9.60. The summed E-state index contributed by atoms with van der Waals surface area (Å²) in [4.78, 5) is 23.3. The monoisotopic (exact) mass is 414 g/mol. The van der Waals surface area contributed by atoms with Gasteiger partial charge in [0.15, 0.2) is 0 Å². The standard InChI is InChI=1S/C20H26N6O4/c1-6-29-13(2)25-11-14(9-22-25)18-15(21-12-27)10-23-26-16(18)7-8-17(26)24-19(28)30-20(3,4)5/h7-13H,6H2,1-5H3,(H,21,27)(H,24,28). The predicted octanol–water partition coefficient (Wildman–Crippen LogP) is 3.67. The molecule has 3 rings (SSSR count). The number of rotatable bonds is 7. The van der Waals surface area contributed by atoms with Crippen LogP contribution in [0.4, 0.5) is 16.3 Å². The number of hydrogen-bond acceptors (Lipinski definition) is 6. The molecule has 1 atom stereocenters. The van der Waals surface area contributed by atoms with Crippen molar-refractivity contribution in [1.82, 2.24) is 19.4 Å². The smallest absolute Gasteiger partial charge is 0.413 e. The van der Waals surface area contributed by atoms with Gasteiger partial charge in [0.05, 0.1) is 23.6 Å². The van der Waals surface area contributed by atoms with Crippen LogP contribution in [-0.4, -0.2) is 44.1 Å². The lowest BCUT2D eigenvalue weighted by molar-refractivity contribution is -0.105. The lowest BCUT2D eigenvalue weighted by Gasteiger charge is -2.19. The third-order valence-electron chi connectivity index (χ3n) is 4.20. The maximum atomic E-state index is 12.2. The highest BCUT2D eigenvalue weighted by molar-refractivity contribution is 5.95. The first-order valence-electron chi connectivity index (χ1n) is 9.60. The van der Waals surface area contributed by atoms with Crippen LogP contribution in [0.2, 0.25) is 0 Å². The van der Waals surface area contributed by atoms with Crippen molar-refractivity contribution in [2.45, 2.75) is 46.4 Å². The Morgan fingerprint density at radius 2 is 2.03 bits per heavy atom. The SMILES string of the molecule is CCOC(C)n1cc(-c2c(NC=O)cnn3c(NC(=O)OC(C)(C)C)ccc23)cn1. The van der Waals surface area contributed by atoms with Gasteiger partial charge in [-0.1, -0.05) is 0 Å². The third-order valence-corrected chi connectivity index (χ3v) is 4.20. The van der Waals surface area contributed by atoms with E-state index in [-0.39, 0.29) is 6.23 Å². The molecule has 0 aliphatic rings. The van der Waals surface area contributed by atoms with Gasteiger partial charge in [-0.2, -0.15) is 10.2 Å². The van der Waals surface area contributed by atoms with Gasteiger partial charge in [0.25, 0.3) is 0 Å². The Morgan fingerprint density at radius 3 is 2.70 bits per heavy atom. The Kier molecular flexibility index (Phi) is 6.06. The Hall–Kier alpha value is -3.40. The van der Waals surface area contributed by atoms with Gasteiger partial charge in [-0.05, 0) is 46.8 Å². The first kappa shape index (κ1) is 21.3. The number of anilines is 2. The van der Waals surface area contributed by atoms with Gasteiger partial charge in [0.2, 0.25) is 6.41 Å². The average Bonchev–Trinajstić information content (AvgIpc) is 3.28. The molecule has 30 heavy (non-hydrogen) atoms. The van der Waals surface area contributed by atoms with Crippen LogP contribution in [0, 0.1) is 0 Å². The van der Waals surface area contributed by atoms with Crippen molar-refractivity contribution in [3.05, 3.63) is 30.7 Å². The molecule has 1 unspecified atom stereocenters. The Labute approximate surface area is 174 Å². The minimum Gasteiger partial charge on any atom is -0.444 e. The number of aromatic nitrogens is 4. The fourth-order valence-corrected chi connectivity index (χ4v) is 3.02. The number of carbonyl (C=O) groups is 2. The van der Waals surface area contributed by atoms with Crippen LogP contribution < -0.4 is 10.6 Å². The summed E-state index contributed by atoms with van der Waals surface area (Å²) in [5, 5.41) is 14.1. The molecule has 10 heteroatoms. The van der Waals surface area contributed by atoms with Crippen molar-refractivity contribution < 1.29 is 19.1 Å². The zero-order chi connectivity index (χ0) is 21.9. The lowest BCUT2D eigenvalue weighted by atomic mass is 10.1. The van der Waals surface area contributed by atoms with Gasteiger partial charge in [0.1, 0.15) is 17.6 Å². The third kappa shape index (κ3) is 4.60. The van der Waals surface area contributed by atoms with Gasteiger partial charge in [0, 0.05) is 23.9 Å². The topological polar surface area (TPSA) is 112 Å².